The Balaban J connectivity index is 2.41. The van der Waals surface area contributed by atoms with Crippen molar-refractivity contribution in [3.05, 3.63) is 0 Å². The smallest absolute Gasteiger partial charge is 0.0613 e. The van der Waals surface area contributed by atoms with E-state index in [9.17, 15) is 10.2 Å². The monoisotopic (exact) mass is 229 g/mol. The molecular weight excluding hydrogens is 202 g/mol. The molecule has 1 saturated carbocycles. The van der Waals surface area contributed by atoms with E-state index >= 15 is 0 Å². The number of rotatable bonds is 5. The zero-order valence-electron chi connectivity index (χ0n) is 10.9. The van der Waals surface area contributed by atoms with Gasteiger partial charge in [0.2, 0.25) is 0 Å². The summed E-state index contributed by atoms with van der Waals surface area (Å²) in [5.41, 5.74) is -0.715. The first-order valence-corrected chi connectivity index (χ1v) is 6.45. The Morgan fingerprint density at radius 1 is 1.44 bits per heavy atom. The average molecular weight is 229 g/mol. The van der Waals surface area contributed by atoms with Gasteiger partial charge in [-0.3, -0.25) is 0 Å². The van der Waals surface area contributed by atoms with Gasteiger partial charge < -0.3 is 15.5 Å². The molecular formula is C13H27NO2. The van der Waals surface area contributed by atoms with Crippen molar-refractivity contribution in [2.45, 2.75) is 64.0 Å². The summed E-state index contributed by atoms with van der Waals surface area (Å²) in [6.07, 6.45) is 5.30. The summed E-state index contributed by atoms with van der Waals surface area (Å²) in [4.78, 5) is 0. The quantitative estimate of drug-likeness (QED) is 0.672. The Bertz CT molecular complexity index is 212. The van der Waals surface area contributed by atoms with Gasteiger partial charge in [-0.1, -0.05) is 19.8 Å². The molecule has 0 radical (unpaired) electrons. The predicted octanol–water partition coefficient (Wildman–Crippen LogP) is 1.68. The maximum absolute atomic E-state index is 9.65. The van der Waals surface area contributed by atoms with Gasteiger partial charge in [-0.15, -0.1) is 0 Å². The van der Waals surface area contributed by atoms with Gasteiger partial charge in [0, 0.05) is 5.54 Å². The molecule has 96 valence electrons. The topological polar surface area (TPSA) is 52.5 Å². The Kier molecular flexibility index (Phi) is 4.77. The highest BCUT2D eigenvalue weighted by Gasteiger charge is 2.33. The number of hydrogen-bond acceptors (Lipinski definition) is 3. The van der Waals surface area contributed by atoms with Gasteiger partial charge in [0.25, 0.3) is 0 Å². The fraction of sp³-hybridized carbons (Fsp3) is 1.00. The van der Waals surface area contributed by atoms with Gasteiger partial charge in [0.1, 0.15) is 0 Å². The van der Waals surface area contributed by atoms with Crippen LogP contribution in [0.1, 0.15) is 52.9 Å². The van der Waals surface area contributed by atoms with Crippen LogP contribution >= 0.6 is 0 Å². The SMILES string of the molecule is CC1CCCC(CO)(NCCC(C)(C)O)C1. The maximum Gasteiger partial charge on any atom is 0.0613 e. The fourth-order valence-corrected chi connectivity index (χ4v) is 2.65. The summed E-state index contributed by atoms with van der Waals surface area (Å²) >= 11 is 0. The third-order valence-corrected chi connectivity index (χ3v) is 3.63. The van der Waals surface area contributed by atoms with E-state index in [2.05, 4.69) is 12.2 Å². The molecule has 0 spiro atoms. The van der Waals surface area contributed by atoms with Crippen molar-refractivity contribution in [3.63, 3.8) is 0 Å². The van der Waals surface area contributed by atoms with Crippen LogP contribution < -0.4 is 5.32 Å². The lowest BCUT2D eigenvalue weighted by Gasteiger charge is -2.40. The molecule has 0 aromatic rings. The molecule has 1 fully saturated rings. The van der Waals surface area contributed by atoms with Gasteiger partial charge in [0.05, 0.1) is 12.2 Å². The van der Waals surface area contributed by atoms with Crippen LogP contribution in [0.5, 0.6) is 0 Å². The lowest BCUT2D eigenvalue weighted by atomic mass is 9.76. The predicted molar refractivity (Wildman–Crippen MR) is 66.4 cm³/mol. The van der Waals surface area contributed by atoms with Crippen molar-refractivity contribution in [1.82, 2.24) is 5.32 Å². The molecule has 16 heavy (non-hydrogen) atoms. The van der Waals surface area contributed by atoms with Crippen molar-refractivity contribution in [2.75, 3.05) is 13.2 Å². The molecule has 0 amide bonds. The third-order valence-electron chi connectivity index (χ3n) is 3.63. The highest BCUT2D eigenvalue weighted by molar-refractivity contribution is 4.92. The molecule has 3 nitrogen and oxygen atoms in total. The van der Waals surface area contributed by atoms with E-state index in [1.807, 2.05) is 13.8 Å². The van der Waals surface area contributed by atoms with Crippen LogP contribution in [0.4, 0.5) is 0 Å². The lowest BCUT2D eigenvalue weighted by Crippen LogP contribution is -2.52. The number of hydrogen-bond donors (Lipinski definition) is 3. The standard InChI is InChI=1S/C13H27NO2/c1-11-5-4-6-13(9-11,10-15)14-8-7-12(2,3)16/h11,14-16H,4-10H2,1-3H3. The summed E-state index contributed by atoms with van der Waals surface area (Å²) in [6, 6.07) is 0. The van der Waals surface area contributed by atoms with Crippen LogP contribution in [0, 0.1) is 5.92 Å². The molecule has 0 heterocycles. The van der Waals surface area contributed by atoms with Crippen LogP contribution in [0.3, 0.4) is 0 Å². The van der Waals surface area contributed by atoms with E-state index < -0.39 is 5.60 Å². The second-order valence-corrected chi connectivity index (χ2v) is 6.13. The first kappa shape index (κ1) is 13.9. The molecule has 0 aromatic carbocycles. The van der Waals surface area contributed by atoms with Crippen LogP contribution in [-0.4, -0.2) is 34.5 Å². The van der Waals surface area contributed by atoms with Gasteiger partial charge in [-0.2, -0.15) is 0 Å². The van der Waals surface area contributed by atoms with Gasteiger partial charge >= 0.3 is 0 Å². The van der Waals surface area contributed by atoms with Crippen LogP contribution in [-0.2, 0) is 0 Å². The van der Waals surface area contributed by atoms with Gasteiger partial charge in [-0.25, -0.2) is 0 Å². The van der Waals surface area contributed by atoms with E-state index in [-0.39, 0.29) is 12.1 Å². The van der Waals surface area contributed by atoms with Crippen LogP contribution in [0.15, 0.2) is 0 Å². The molecule has 2 unspecified atom stereocenters. The molecule has 1 aliphatic carbocycles. The van der Waals surface area contributed by atoms with E-state index in [0.717, 1.165) is 25.8 Å². The zero-order valence-corrected chi connectivity index (χ0v) is 10.9. The normalized spacial score (nSPS) is 31.7. The minimum atomic E-state index is -0.621. The van der Waals surface area contributed by atoms with Gasteiger partial charge in [0.15, 0.2) is 0 Å². The Hall–Kier alpha value is -0.120. The van der Waals surface area contributed by atoms with Crippen molar-refractivity contribution in [1.29, 1.82) is 0 Å². The first-order chi connectivity index (χ1) is 7.37. The van der Waals surface area contributed by atoms with E-state index in [1.54, 1.807) is 0 Å². The largest absolute Gasteiger partial charge is 0.394 e. The molecule has 0 aliphatic heterocycles. The molecule has 0 aromatic heterocycles. The minimum absolute atomic E-state index is 0.0943. The summed E-state index contributed by atoms with van der Waals surface area (Å²) in [5.74, 6) is 0.690. The number of aliphatic hydroxyl groups excluding tert-OH is 1. The minimum Gasteiger partial charge on any atom is -0.394 e. The van der Waals surface area contributed by atoms with E-state index in [0.29, 0.717) is 5.92 Å². The van der Waals surface area contributed by atoms with Crippen LogP contribution in [0.25, 0.3) is 0 Å². The molecule has 2 atom stereocenters. The summed E-state index contributed by atoms with van der Waals surface area (Å²) in [7, 11) is 0. The highest BCUT2D eigenvalue weighted by atomic mass is 16.3. The van der Waals surface area contributed by atoms with Crippen molar-refractivity contribution in [2.24, 2.45) is 5.92 Å². The van der Waals surface area contributed by atoms with Crippen LogP contribution in [0.2, 0.25) is 0 Å². The molecule has 3 heteroatoms. The zero-order chi connectivity index (χ0) is 12.2. The number of nitrogens with one attached hydrogen (secondary N) is 1. The van der Waals surface area contributed by atoms with Crippen molar-refractivity contribution in [3.8, 4) is 0 Å². The summed E-state index contributed by atoms with van der Waals surface area (Å²) < 4.78 is 0. The second-order valence-electron chi connectivity index (χ2n) is 6.13. The average Bonchev–Trinajstić information content (AvgIpc) is 2.16. The highest BCUT2D eigenvalue weighted by Crippen LogP contribution is 2.32. The molecule has 1 aliphatic rings. The Labute approximate surface area is 99.3 Å². The van der Waals surface area contributed by atoms with Crippen molar-refractivity contribution >= 4 is 0 Å². The number of aliphatic hydroxyl groups is 2. The molecule has 3 N–H and O–H groups in total. The molecule has 0 saturated heterocycles. The molecule has 0 bridgehead atoms. The van der Waals surface area contributed by atoms with Gasteiger partial charge in [-0.05, 0) is 45.6 Å². The van der Waals surface area contributed by atoms with Crippen molar-refractivity contribution < 1.29 is 10.2 Å². The summed E-state index contributed by atoms with van der Waals surface area (Å²) in [5, 5.41) is 22.7. The maximum atomic E-state index is 9.65. The van der Waals surface area contributed by atoms with E-state index in [1.165, 1.54) is 12.8 Å². The molecule has 1 rings (SSSR count). The second kappa shape index (κ2) is 5.48. The fourth-order valence-electron chi connectivity index (χ4n) is 2.65. The lowest BCUT2D eigenvalue weighted by molar-refractivity contribution is 0.0565. The third kappa shape index (κ3) is 4.40. The first-order valence-electron chi connectivity index (χ1n) is 6.45. The van der Waals surface area contributed by atoms with E-state index in [4.69, 9.17) is 0 Å². The Morgan fingerprint density at radius 2 is 2.12 bits per heavy atom. The Morgan fingerprint density at radius 3 is 2.62 bits per heavy atom. The summed E-state index contributed by atoms with van der Waals surface area (Å²) in [6.45, 7) is 6.88.